The number of carbonyl (C=O) groups is 1. The summed E-state index contributed by atoms with van der Waals surface area (Å²) in [7, 11) is 1.41. The predicted molar refractivity (Wildman–Crippen MR) is 95.6 cm³/mol. The topological polar surface area (TPSA) is 92.9 Å². The van der Waals surface area contributed by atoms with Crippen LogP contribution in [0.4, 0.5) is 5.69 Å². The Kier molecular flexibility index (Phi) is 4.79. The molecular weight excluding hydrogens is 336 g/mol. The molecule has 1 saturated heterocycles. The van der Waals surface area contributed by atoms with Crippen LogP contribution in [0.2, 0.25) is 0 Å². The number of nitro benzene ring substituents is 1. The van der Waals surface area contributed by atoms with Crippen molar-refractivity contribution in [1.82, 2.24) is 4.90 Å². The molecule has 2 fully saturated rings. The van der Waals surface area contributed by atoms with Gasteiger partial charge in [0.1, 0.15) is 6.04 Å². The number of likely N-dealkylation sites (tertiary alicyclic amines) is 1. The third-order valence-corrected chi connectivity index (χ3v) is 6.27. The molecule has 1 aliphatic heterocycles. The van der Waals surface area contributed by atoms with E-state index in [-0.39, 0.29) is 41.6 Å². The summed E-state index contributed by atoms with van der Waals surface area (Å²) in [5.74, 6) is 0.312. The zero-order chi connectivity index (χ0) is 19.2. The molecule has 0 aromatic heterocycles. The Morgan fingerprint density at radius 2 is 2.19 bits per heavy atom. The number of hydrogen-bond donors (Lipinski definition) is 1. The number of aliphatic hydroxyl groups is 1. The largest absolute Gasteiger partial charge is 0.468 e. The minimum Gasteiger partial charge on any atom is -0.468 e. The third-order valence-electron chi connectivity index (χ3n) is 6.27. The van der Waals surface area contributed by atoms with E-state index in [0.29, 0.717) is 12.5 Å². The summed E-state index contributed by atoms with van der Waals surface area (Å²) >= 11 is 0. The van der Waals surface area contributed by atoms with Crippen LogP contribution in [0.3, 0.4) is 0 Å². The highest BCUT2D eigenvalue weighted by Crippen LogP contribution is 2.65. The Balaban J connectivity index is 1.88. The lowest BCUT2D eigenvalue weighted by molar-refractivity contribution is -0.385. The van der Waals surface area contributed by atoms with Gasteiger partial charge in [-0.1, -0.05) is 26.8 Å². The van der Waals surface area contributed by atoms with Crippen LogP contribution >= 0.6 is 0 Å². The molecule has 1 heterocycles. The van der Waals surface area contributed by atoms with Crippen LogP contribution in [0.1, 0.15) is 37.8 Å². The molecule has 0 bridgehead atoms. The van der Waals surface area contributed by atoms with E-state index < -0.39 is 4.92 Å². The average molecular weight is 362 g/mol. The molecule has 4 atom stereocenters. The van der Waals surface area contributed by atoms with Gasteiger partial charge in [-0.05, 0) is 28.4 Å². The second-order valence-electron chi connectivity index (χ2n) is 8.07. The molecule has 0 radical (unpaired) electrons. The Labute approximate surface area is 153 Å². The highest BCUT2D eigenvalue weighted by molar-refractivity contribution is 5.77. The van der Waals surface area contributed by atoms with Gasteiger partial charge in [-0.15, -0.1) is 0 Å². The number of ether oxygens (including phenoxy) is 1. The zero-order valence-electron chi connectivity index (χ0n) is 15.6. The molecule has 7 nitrogen and oxygen atoms in total. The van der Waals surface area contributed by atoms with Crippen molar-refractivity contribution < 1.29 is 19.6 Å². The van der Waals surface area contributed by atoms with E-state index >= 15 is 0 Å². The van der Waals surface area contributed by atoms with Crippen molar-refractivity contribution >= 4 is 11.7 Å². The van der Waals surface area contributed by atoms with E-state index in [1.54, 1.807) is 6.07 Å². The maximum atomic E-state index is 12.4. The Bertz CT molecular complexity index is 733. The fourth-order valence-electron chi connectivity index (χ4n) is 4.55. The average Bonchev–Trinajstić information content (AvgIpc) is 2.96. The van der Waals surface area contributed by atoms with Gasteiger partial charge in [-0.3, -0.25) is 19.8 Å². The van der Waals surface area contributed by atoms with Crippen molar-refractivity contribution in [1.29, 1.82) is 0 Å². The monoisotopic (exact) mass is 362 g/mol. The van der Waals surface area contributed by atoms with Gasteiger partial charge in [-0.25, -0.2) is 0 Å². The standard InChI is InChI=1S/C19H26N2O5/c1-11(10-22)14-7-13(21(24)25)6-5-12(14)8-20-9-15-16(19(15,2)3)17(20)18(23)26-4/h5-7,11,15-17,22H,8-10H2,1-4H3. The van der Waals surface area contributed by atoms with Crippen LogP contribution < -0.4 is 0 Å². The molecule has 1 aromatic rings. The van der Waals surface area contributed by atoms with E-state index in [1.807, 2.05) is 6.92 Å². The van der Waals surface area contributed by atoms with Crippen molar-refractivity contribution in [3.8, 4) is 0 Å². The molecule has 4 unspecified atom stereocenters. The van der Waals surface area contributed by atoms with E-state index in [1.165, 1.54) is 19.2 Å². The number of carbonyl (C=O) groups excluding carboxylic acids is 1. The maximum Gasteiger partial charge on any atom is 0.323 e. The van der Waals surface area contributed by atoms with Crippen LogP contribution in [0.5, 0.6) is 0 Å². The first kappa shape index (κ1) is 18.8. The highest BCUT2D eigenvalue weighted by atomic mass is 16.6. The first-order valence-corrected chi connectivity index (χ1v) is 8.92. The van der Waals surface area contributed by atoms with Crippen LogP contribution in [0.25, 0.3) is 0 Å². The predicted octanol–water partition coefficient (Wildman–Crippen LogP) is 2.32. The summed E-state index contributed by atoms with van der Waals surface area (Å²) in [6.45, 7) is 7.43. The zero-order valence-corrected chi connectivity index (χ0v) is 15.6. The van der Waals surface area contributed by atoms with E-state index in [0.717, 1.165) is 17.7 Å². The minimum absolute atomic E-state index is 0.0129. The van der Waals surface area contributed by atoms with Gasteiger partial charge in [0, 0.05) is 37.7 Å². The lowest BCUT2D eigenvalue weighted by Crippen LogP contribution is -2.42. The van der Waals surface area contributed by atoms with Crippen molar-refractivity contribution in [3.05, 3.63) is 39.4 Å². The van der Waals surface area contributed by atoms with Crippen LogP contribution in [0.15, 0.2) is 18.2 Å². The fourth-order valence-corrected chi connectivity index (χ4v) is 4.55. The summed E-state index contributed by atoms with van der Waals surface area (Å²) in [5.41, 5.74) is 1.82. The number of piperidine rings is 1. The van der Waals surface area contributed by atoms with Crippen LogP contribution in [-0.4, -0.2) is 47.2 Å². The van der Waals surface area contributed by atoms with E-state index in [2.05, 4.69) is 18.7 Å². The van der Waals surface area contributed by atoms with Crippen LogP contribution in [-0.2, 0) is 16.1 Å². The van der Waals surface area contributed by atoms with E-state index in [9.17, 15) is 20.0 Å². The SMILES string of the molecule is COC(=O)C1C2C(CN1Cc1ccc([N+](=O)[O-])cc1C(C)CO)C2(C)C. The van der Waals surface area contributed by atoms with E-state index in [4.69, 9.17) is 4.74 Å². The van der Waals surface area contributed by atoms with Crippen molar-refractivity contribution in [3.63, 3.8) is 0 Å². The van der Waals surface area contributed by atoms with Gasteiger partial charge in [0.25, 0.3) is 5.69 Å². The molecule has 142 valence electrons. The molecule has 2 aliphatic rings. The smallest absolute Gasteiger partial charge is 0.323 e. The van der Waals surface area contributed by atoms with Gasteiger partial charge in [0.05, 0.1) is 12.0 Å². The number of nitrogens with zero attached hydrogens (tertiary/aromatic N) is 2. The molecular formula is C19H26N2O5. The Morgan fingerprint density at radius 3 is 2.77 bits per heavy atom. The maximum absolute atomic E-state index is 12.4. The first-order valence-electron chi connectivity index (χ1n) is 8.92. The molecule has 1 aliphatic carbocycles. The molecule has 0 amide bonds. The molecule has 1 aromatic carbocycles. The van der Waals surface area contributed by atoms with Crippen molar-refractivity contribution in [2.24, 2.45) is 17.3 Å². The summed E-state index contributed by atoms with van der Waals surface area (Å²) in [6.07, 6.45) is 0. The molecule has 0 spiro atoms. The van der Waals surface area contributed by atoms with Gasteiger partial charge in [0.2, 0.25) is 0 Å². The number of methoxy groups -OCH3 is 1. The number of nitro groups is 1. The second-order valence-corrected chi connectivity index (χ2v) is 8.07. The molecule has 1 saturated carbocycles. The van der Waals surface area contributed by atoms with Gasteiger partial charge < -0.3 is 9.84 Å². The number of benzene rings is 1. The number of rotatable bonds is 6. The summed E-state index contributed by atoms with van der Waals surface area (Å²) < 4.78 is 5.03. The highest BCUT2D eigenvalue weighted by Gasteiger charge is 2.68. The summed E-state index contributed by atoms with van der Waals surface area (Å²) in [6, 6.07) is 4.47. The quantitative estimate of drug-likeness (QED) is 0.474. The first-order chi connectivity index (χ1) is 12.2. The minimum atomic E-state index is -0.428. The Hall–Kier alpha value is -1.99. The molecule has 3 rings (SSSR count). The molecule has 26 heavy (non-hydrogen) atoms. The normalized spacial score (nSPS) is 27.7. The number of esters is 1. The lowest BCUT2D eigenvalue weighted by atomic mass is 9.94. The third kappa shape index (κ3) is 2.99. The van der Waals surface area contributed by atoms with Crippen LogP contribution in [0, 0.1) is 27.4 Å². The summed E-state index contributed by atoms with van der Waals surface area (Å²) in [5, 5.41) is 20.6. The fraction of sp³-hybridized carbons (Fsp3) is 0.632. The van der Waals surface area contributed by atoms with Gasteiger partial charge in [0.15, 0.2) is 0 Å². The molecule has 1 N–H and O–H groups in total. The Morgan fingerprint density at radius 1 is 1.50 bits per heavy atom. The van der Waals surface area contributed by atoms with Crippen molar-refractivity contribution in [2.45, 2.75) is 39.3 Å². The number of non-ortho nitro benzene ring substituents is 1. The van der Waals surface area contributed by atoms with Crippen molar-refractivity contribution in [2.75, 3.05) is 20.3 Å². The second kappa shape index (κ2) is 6.63. The lowest BCUT2D eigenvalue weighted by Gasteiger charge is -2.30. The summed E-state index contributed by atoms with van der Waals surface area (Å²) in [4.78, 5) is 25.1. The van der Waals surface area contributed by atoms with Gasteiger partial charge >= 0.3 is 5.97 Å². The van der Waals surface area contributed by atoms with Gasteiger partial charge in [-0.2, -0.15) is 0 Å². The number of fused-ring (bicyclic) bond motifs is 1. The number of aliphatic hydroxyl groups excluding tert-OH is 1. The number of hydrogen-bond acceptors (Lipinski definition) is 6. The molecule has 7 heteroatoms.